The number of nitrogens with two attached hydrogens (primary N) is 1. The molecule has 1 fully saturated rings. The fourth-order valence-electron chi connectivity index (χ4n) is 7.62. The van der Waals surface area contributed by atoms with Crippen molar-refractivity contribution in [2.24, 2.45) is 5.73 Å². The van der Waals surface area contributed by atoms with Crippen LogP contribution in [0.2, 0.25) is 0 Å². The molecule has 6 heterocycles. The minimum atomic E-state index is -1.09. The van der Waals surface area contributed by atoms with Crippen LogP contribution in [0.3, 0.4) is 0 Å². The van der Waals surface area contributed by atoms with Gasteiger partial charge in [-0.05, 0) is 99.0 Å². The van der Waals surface area contributed by atoms with Gasteiger partial charge in [0.25, 0.3) is 5.91 Å². The third-order valence-corrected chi connectivity index (χ3v) is 10.2. The summed E-state index contributed by atoms with van der Waals surface area (Å²) in [6, 6.07) is 20.5. The normalized spacial score (nSPS) is 16.8. The van der Waals surface area contributed by atoms with E-state index in [1.54, 1.807) is 21.0 Å². The van der Waals surface area contributed by atoms with Crippen molar-refractivity contribution in [2.75, 3.05) is 20.2 Å². The van der Waals surface area contributed by atoms with E-state index in [0.717, 1.165) is 77.8 Å². The number of rotatable bonds is 3. The summed E-state index contributed by atoms with van der Waals surface area (Å²) in [6.07, 6.45) is 8.48. The quantitative estimate of drug-likeness (QED) is 0.227. The van der Waals surface area contributed by atoms with Gasteiger partial charge in [0.2, 0.25) is 0 Å². The monoisotopic (exact) mass is 669 g/mol. The summed E-state index contributed by atoms with van der Waals surface area (Å²) in [6.45, 7) is 5.92. The highest BCUT2D eigenvalue weighted by atomic mass is 16.5. The third kappa shape index (κ3) is 5.82. The SMILES string of the molecule is COc1cc(C(=O)N2CCCC(N)C2)cc2nc3n(c12)Cc1cncc(c1)-c1ccccc1CCCCn1c-3cc2ccc(C(C)(C)O)nc21. The number of imidazole rings is 1. The molecule has 2 bridgehead atoms. The molecule has 256 valence electrons. The molecule has 2 aliphatic rings. The zero-order chi connectivity index (χ0) is 34.6. The number of benzene rings is 2. The van der Waals surface area contributed by atoms with Crippen LogP contribution in [-0.2, 0) is 25.1 Å². The van der Waals surface area contributed by atoms with Crippen molar-refractivity contribution in [3.05, 3.63) is 95.4 Å². The number of carbonyl (C=O) groups excluding carboxylic acids is 1. The second kappa shape index (κ2) is 12.7. The number of aryl methyl sites for hydroxylation is 2. The number of piperidine rings is 1. The van der Waals surface area contributed by atoms with Gasteiger partial charge in [0, 0.05) is 54.6 Å². The van der Waals surface area contributed by atoms with Crippen molar-refractivity contribution in [1.29, 1.82) is 0 Å². The Bertz CT molecular complexity index is 2250. The van der Waals surface area contributed by atoms with Crippen LogP contribution in [0.5, 0.6) is 5.75 Å². The molecule has 10 heteroatoms. The van der Waals surface area contributed by atoms with E-state index in [1.165, 1.54) is 11.1 Å². The van der Waals surface area contributed by atoms with Gasteiger partial charge in [-0.1, -0.05) is 24.3 Å². The number of aromatic nitrogens is 5. The molecule has 1 atom stereocenters. The molecule has 0 spiro atoms. The average molecular weight is 670 g/mol. The molecule has 6 aromatic rings. The molecule has 0 aliphatic carbocycles. The van der Waals surface area contributed by atoms with Crippen molar-refractivity contribution in [1.82, 2.24) is 29.0 Å². The number of aliphatic hydroxyl groups is 1. The fraction of sp³-hybridized carbons (Fsp3) is 0.350. The number of hydrogen-bond donors (Lipinski definition) is 2. The number of carbonyl (C=O) groups is 1. The second-order valence-electron chi connectivity index (χ2n) is 14.3. The summed E-state index contributed by atoms with van der Waals surface area (Å²) in [5, 5.41) is 11.9. The van der Waals surface area contributed by atoms with Gasteiger partial charge in [-0.2, -0.15) is 0 Å². The highest BCUT2D eigenvalue weighted by Gasteiger charge is 2.28. The first kappa shape index (κ1) is 32.2. The Morgan fingerprint density at radius 2 is 1.84 bits per heavy atom. The van der Waals surface area contributed by atoms with Crippen LogP contribution in [0.25, 0.3) is 44.7 Å². The molecule has 0 radical (unpaired) electrons. The van der Waals surface area contributed by atoms with Crippen LogP contribution in [0, 0.1) is 0 Å². The first-order valence-corrected chi connectivity index (χ1v) is 17.6. The van der Waals surface area contributed by atoms with Crippen LogP contribution >= 0.6 is 0 Å². The molecule has 0 saturated carbocycles. The Kier molecular flexibility index (Phi) is 8.16. The van der Waals surface area contributed by atoms with Gasteiger partial charge in [-0.15, -0.1) is 0 Å². The van der Waals surface area contributed by atoms with Crippen LogP contribution in [-0.4, -0.2) is 66.2 Å². The Hall–Kier alpha value is -5.06. The lowest BCUT2D eigenvalue weighted by atomic mass is 9.96. The van der Waals surface area contributed by atoms with E-state index >= 15 is 0 Å². The lowest BCUT2D eigenvalue weighted by molar-refractivity contribution is 0.0707. The van der Waals surface area contributed by atoms with E-state index < -0.39 is 5.60 Å². The Balaban J connectivity index is 1.36. The minimum Gasteiger partial charge on any atom is -0.494 e. The summed E-state index contributed by atoms with van der Waals surface area (Å²) in [5.74, 6) is 1.25. The summed E-state index contributed by atoms with van der Waals surface area (Å²) in [7, 11) is 1.64. The van der Waals surface area contributed by atoms with E-state index in [-0.39, 0.29) is 11.9 Å². The standard InChI is InChI=1S/C40H43N7O3/c1-40(2,49)35-14-13-27-19-33-38-43-32-18-28(39(48)45-15-8-11-30(41)24-45)20-34(50-3)36(32)47(38)23-25-17-29(22-42-21-25)31-12-5-4-9-26(31)10-6-7-16-46(33)37(27)44-35/h4-5,9,12-14,17-22,30,49H,6-8,10-11,15-16,23-24,41H2,1-3H3. The van der Waals surface area contributed by atoms with Crippen molar-refractivity contribution in [3.8, 4) is 28.4 Å². The first-order chi connectivity index (χ1) is 24.2. The van der Waals surface area contributed by atoms with E-state index in [9.17, 15) is 9.90 Å². The molecule has 1 unspecified atom stereocenters. The molecule has 10 nitrogen and oxygen atoms in total. The lowest BCUT2D eigenvalue weighted by Crippen LogP contribution is -2.45. The highest BCUT2D eigenvalue weighted by Crippen LogP contribution is 2.37. The molecule has 50 heavy (non-hydrogen) atoms. The van der Waals surface area contributed by atoms with Crippen LogP contribution in [0.15, 0.2) is 73.1 Å². The van der Waals surface area contributed by atoms with Crippen molar-refractivity contribution in [2.45, 2.75) is 70.7 Å². The van der Waals surface area contributed by atoms with Gasteiger partial charge >= 0.3 is 0 Å². The zero-order valence-corrected chi connectivity index (χ0v) is 28.9. The summed E-state index contributed by atoms with van der Waals surface area (Å²) in [4.78, 5) is 30.7. The second-order valence-corrected chi connectivity index (χ2v) is 14.3. The largest absolute Gasteiger partial charge is 0.494 e. The number of nitrogens with zero attached hydrogens (tertiary/aromatic N) is 6. The smallest absolute Gasteiger partial charge is 0.254 e. The number of fused-ring (bicyclic) bond motifs is 11. The molecule has 2 aromatic carbocycles. The minimum absolute atomic E-state index is 0.0241. The van der Waals surface area contributed by atoms with Crippen molar-refractivity contribution in [3.63, 3.8) is 0 Å². The predicted molar refractivity (Wildman–Crippen MR) is 195 cm³/mol. The van der Waals surface area contributed by atoms with Crippen molar-refractivity contribution >= 4 is 28.0 Å². The molecular weight excluding hydrogens is 626 g/mol. The maximum atomic E-state index is 13.8. The van der Waals surface area contributed by atoms with Crippen molar-refractivity contribution < 1.29 is 14.6 Å². The Labute approximate surface area is 291 Å². The maximum absolute atomic E-state index is 13.8. The number of amides is 1. The molecule has 8 rings (SSSR count). The van der Waals surface area contributed by atoms with Gasteiger partial charge < -0.3 is 29.6 Å². The zero-order valence-electron chi connectivity index (χ0n) is 28.9. The number of pyridine rings is 2. The lowest BCUT2D eigenvalue weighted by Gasteiger charge is -2.30. The van der Waals surface area contributed by atoms with E-state index in [0.29, 0.717) is 42.2 Å². The van der Waals surface area contributed by atoms with Gasteiger partial charge in [-0.3, -0.25) is 9.78 Å². The van der Waals surface area contributed by atoms with Gasteiger partial charge in [0.1, 0.15) is 22.5 Å². The fourth-order valence-corrected chi connectivity index (χ4v) is 7.62. The Morgan fingerprint density at radius 1 is 0.980 bits per heavy atom. The van der Waals surface area contributed by atoms with Crippen LogP contribution < -0.4 is 10.5 Å². The van der Waals surface area contributed by atoms with Gasteiger partial charge in [0.05, 0.1) is 30.6 Å². The molecular formula is C40H43N7O3. The number of methoxy groups -OCH3 is 1. The number of ether oxygens (including phenoxy) is 1. The maximum Gasteiger partial charge on any atom is 0.254 e. The van der Waals surface area contributed by atoms with E-state index in [1.807, 2.05) is 41.6 Å². The summed E-state index contributed by atoms with van der Waals surface area (Å²) >= 11 is 0. The van der Waals surface area contributed by atoms with Gasteiger partial charge in [0.15, 0.2) is 5.82 Å². The summed E-state index contributed by atoms with van der Waals surface area (Å²) < 4.78 is 10.5. The predicted octanol–water partition coefficient (Wildman–Crippen LogP) is 6.30. The number of likely N-dealkylation sites (tertiary alicyclic amines) is 1. The average Bonchev–Trinajstić information content (AvgIpc) is 3.66. The summed E-state index contributed by atoms with van der Waals surface area (Å²) in [5.41, 5.74) is 14.1. The molecule has 1 saturated heterocycles. The van der Waals surface area contributed by atoms with Crippen LogP contribution in [0.4, 0.5) is 0 Å². The number of hydrogen-bond acceptors (Lipinski definition) is 7. The molecule has 2 aliphatic heterocycles. The molecule has 4 aromatic heterocycles. The van der Waals surface area contributed by atoms with E-state index in [2.05, 4.69) is 45.5 Å². The van der Waals surface area contributed by atoms with Crippen LogP contribution in [0.1, 0.15) is 66.7 Å². The van der Waals surface area contributed by atoms with Gasteiger partial charge in [-0.25, -0.2) is 9.97 Å². The van der Waals surface area contributed by atoms with E-state index in [4.69, 9.17) is 25.4 Å². The highest BCUT2D eigenvalue weighted by molar-refractivity contribution is 6.00. The Morgan fingerprint density at radius 3 is 2.66 bits per heavy atom. The topological polar surface area (TPSA) is 124 Å². The third-order valence-electron chi connectivity index (χ3n) is 10.2. The molecule has 1 amide bonds. The first-order valence-electron chi connectivity index (χ1n) is 17.6. The molecule has 3 N–H and O–H groups in total.